The van der Waals surface area contributed by atoms with E-state index in [1.807, 2.05) is 0 Å². The second-order valence-corrected chi connectivity index (χ2v) is 13.0. The van der Waals surface area contributed by atoms with Crippen molar-refractivity contribution < 1.29 is 0 Å². The topological polar surface area (TPSA) is 26.0 Å². The van der Waals surface area contributed by atoms with E-state index >= 15 is 0 Å². The zero-order valence-corrected chi connectivity index (χ0v) is 23.1. The SMILES string of the molecule is CC(C)(C)c1cc(-c2ccc(-c3c(N)ccc4c3C(C)(C)c3ccccc3-4)cc2)cc(C(C)(C)C)c1. The van der Waals surface area contributed by atoms with Gasteiger partial charge in [0.15, 0.2) is 0 Å². The van der Waals surface area contributed by atoms with Crippen LogP contribution >= 0.6 is 0 Å². The van der Waals surface area contributed by atoms with Crippen LogP contribution in [0.1, 0.15) is 77.6 Å². The standard InChI is InChI=1S/C35H39N/c1-33(2,3)25-19-24(20-26(21-25)34(4,5)6)22-13-15-23(16-14-22)31-30(36)18-17-28-27-11-9-10-12-29(27)35(7,8)32(28)31/h9-21H,36H2,1-8H3. The largest absolute Gasteiger partial charge is 0.398 e. The van der Waals surface area contributed by atoms with Gasteiger partial charge in [0.1, 0.15) is 0 Å². The van der Waals surface area contributed by atoms with E-state index < -0.39 is 0 Å². The van der Waals surface area contributed by atoms with Crippen molar-refractivity contribution in [3.8, 4) is 33.4 Å². The Morgan fingerprint density at radius 3 is 1.72 bits per heavy atom. The van der Waals surface area contributed by atoms with Crippen LogP contribution in [0.4, 0.5) is 5.69 Å². The Bertz CT molecular complexity index is 1420. The summed E-state index contributed by atoms with van der Waals surface area (Å²) >= 11 is 0. The molecule has 0 amide bonds. The van der Waals surface area contributed by atoms with Crippen LogP contribution in [0.3, 0.4) is 0 Å². The van der Waals surface area contributed by atoms with Gasteiger partial charge in [0.05, 0.1) is 0 Å². The van der Waals surface area contributed by atoms with Crippen molar-refractivity contribution in [1.82, 2.24) is 0 Å². The molecule has 0 saturated heterocycles. The molecule has 1 heteroatoms. The summed E-state index contributed by atoms with van der Waals surface area (Å²) in [5.41, 5.74) is 20.5. The fourth-order valence-electron chi connectivity index (χ4n) is 5.69. The molecule has 0 unspecified atom stereocenters. The molecule has 0 heterocycles. The average molecular weight is 474 g/mol. The van der Waals surface area contributed by atoms with Gasteiger partial charge in [-0.05, 0) is 67.0 Å². The summed E-state index contributed by atoms with van der Waals surface area (Å²) in [6, 6.07) is 29.2. The zero-order valence-electron chi connectivity index (χ0n) is 23.1. The Morgan fingerprint density at radius 2 is 1.14 bits per heavy atom. The number of hydrogen-bond donors (Lipinski definition) is 1. The highest BCUT2D eigenvalue weighted by Gasteiger charge is 2.38. The summed E-state index contributed by atoms with van der Waals surface area (Å²) in [5.74, 6) is 0. The van der Waals surface area contributed by atoms with Crippen molar-refractivity contribution in [2.24, 2.45) is 0 Å². The summed E-state index contributed by atoms with van der Waals surface area (Å²) in [4.78, 5) is 0. The molecule has 1 aliphatic rings. The second-order valence-electron chi connectivity index (χ2n) is 13.0. The third kappa shape index (κ3) is 3.95. The molecule has 36 heavy (non-hydrogen) atoms. The fraction of sp³-hybridized carbons (Fsp3) is 0.314. The Balaban J connectivity index is 1.63. The number of nitrogens with two attached hydrogens (primary N) is 1. The molecule has 4 aromatic rings. The minimum Gasteiger partial charge on any atom is -0.398 e. The van der Waals surface area contributed by atoms with Crippen molar-refractivity contribution in [3.63, 3.8) is 0 Å². The van der Waals surface area contributed by atoms with Gasteiger partial charge in [-0.1, -0.05) is 128 Å². The minimum atomic E-state index is -0.0992. The van der Waals surface area contributed by atoms with Crippen LogP contribution in [0.5, 0.6) is 0 Å². The van der Waals surface area contributed by atoms with Crippen LogP contribution in [-0.4, -0.2) is 0 Å². The first-order valence-electron chi connectivity index (χ1n) is 13.1. The highest BCUT2D eigenvalue weighted by Crippen LogP contribution is 2.53. The fourth-order valence-corrected chi connectivity index (χ4v) is 5.69. The molecular formula is C35H39N. The molecule has 0 radical (unpaired) electrons. The van der Waals surface area contributed by atoms with Gasteiger partial charge in [-0.15, -0.1) is 0 Å². The second kappa shape index (κ2) is 8.10. The Kier molecular flexibility index (Phi) is 5.48. The first kappa shape index (κ1) is 24.4. The van der Waals surface area contributed by atoms with Gasteiger partial charge in [-0.25, -0.2) is 0 Å². The molecule has 0 fully saturated rings. The molecule has 184 valence electrons. The van der Waals surface area contributed by atoms with Gasteiger partial charge in [-0.3, -0.25) is 0 Å². The van der Waals surface area contributed by atoms with Crippen molar-refractivity contribution in [2.75, 3.05) is 5.73 Å². The van der Waals surface area contributed by atoms with Gasteiger partial charge in [0.25, 0.3) is 0 Å². The lowest BCUT2D eigenvalue weighted by molar-refractivity contribution is 0.569. The lowest BCUT2D eigenvalue weighted by Crippen LogP contribution is -2.17. The molecule has 0 saturated carbocycles. The molecule has 1 aliphatic carbocycles. The number of fused-ring (bicyclic) bond motifs is 3. The van der Waals surface area contributed by atoms with Crippen LogP contribution < -0.4 is 5.73 Å². The Morgan fingerprint density at radius 1 is 0.583 bits per heavy atom. The number of hydrogen-bond acceptors (Lipinski definition) is 1. The monoisotopic (exact) mass is 473 g/mol. The molecule has 4 aromatic carbocycles. The smallest absolute Gasteiger partial charge is 0.0397 e. The first-order chi connectivity index (χ1) is 16.8. The minimum absolute atomic E-state index is 0.0928. The molecule has 0 aliphatic heterocycles. The van der Waals surface area contributed by atoms with Gasteiger partial charge in [-0.2, -0.15) is 0 Å². The molecule has 1 nitrogen and oxygen atoms in total. The third-order valence-electron chi connectivity index (χ3n) is 7.93. The van der Waals surface area contributed by atoms with Gasteiger partial charge in [0, 0.05) is 16.7 Å². The molecular weight excluding hydrogens is 434 g/mol. The van der Waals surface area contributed by atoms with E-state index in [-0.39, 0.29) is 16.2 Å². The Hall–Kier alpha value is -3.32. The van der Waals surface area contributed by atoms with Gasteiger partial charge < -0.3 is 5.73 Å². The average Bonchev–Trinajstić information content (AvgIpc) is 3.05. The predicted octanol–water partition coefficient (Wildman–Crippen LogP) is 9.50. The highest BCUT2D eigenvalue weighted by molar-refractivity contribution is 5.93. The summed E-state index contributed by atoms with van der Waals surface area (Å²) in [6.07, 6.45) is 0. The summed E-state index contributed by atoms with van der Waals surface area (Å²) < 4.78 is 0. The number of nitrogen functional groups attached to an aromatic ring is 1. The van der Waals surface area contributed by atoms with Crippen molar-refractivity contribution in [3.05, 3.63) is 101 Å². The zero-order chi connectivity index (χ0) is 26.0. The number of benzene rings is 4. The molecule has 5 rings (SSSR count). The van der Waals surface area contributed by atoms with E-state index in [0.29, 0.717) is 0 Å². The lowest BCUT2D eigenvalue weighted by atomic mass is 9.78. The van der Waals surface area contributed by atoms with E-state index in [0.717, 1.165) is 5.69 Å². The van der Waals surface area contributed by atoms with E-state index in [1.165, 1.54) is 55.6 Å². The Labute approximate surface area is 217 Å². The summed E-state index contributed by atoms with van der Waals surface area (Å²) in [7, 11) is 0. The van der Waals surface area contributed by atoms with Gasteiger partial charge >= 0.3 is 0 Å². The molecule has 0 aromatic heterocycles. The first-order valence-corrected chi connectivity index (χ1v) is 13.1. The number of rotatable bonds is 2. The van der Waals surface area contributed by atoms with E-state index in [2.05, 4.69) is 134 Å². The predicted molar refractivity (Wildman–Crippen MR) is 157 cm³/mol. The van der Waals surface area contributed by atoms with Gasteiger partial charge in [0.2, 0.25) is 0 Å². The third-order valence-corrected chi connectivity index (χ3v) is 7.93. The lowest BCUT2D eigenvalue weighted by Gasteiger charge is -2.26. The molecule has 0 bridgehead atoms. The van der Waals surface area contributed by atoms with E-state index in [1.54, 1.807) is 0 Å². The van der Waals surface area contributed by atoms with Crippen molar-refractivity contribution in [1.29, 1.82) is 0 Å². The highest BCUT2D eigenvalue weighted by atomic mass is 14.6. The van der Waals surface area contributed by atoms with Crippen LogP contribution in [0.2, 0.25) is 0 Å². The van der Waals surface area contributed by atoms with E-state index in [4.69, 9.17) is 5.73 Å². The van der Waals surface area contributed by atoms with Crippen LogP contribution in [0.25, 0.3) is 33.4 Å². The van der Waals surface area contributed by atoms with Crippen molar-refractivity contribution >= 4 is 5.69 Å². The number of anilines is 1. The normalized spacial score (nSPS) is 14.4. The van der Waals surface area contributed by atoms with Crippen LogP contribution in [0.15, 0.2) is 78.9 Å². The van der Waals surface area contributed by atoms with E-state index in [9.17, 15) is 0 Å². The maximum absolute atomic E-state index is 6.67. The summed E-state index contributed by atoms with van der Waals surface area (Å²) in [6.45, 7) is 18.4. The maximum Gasteiger partial charge on any atom is 0.0397 e. The molecule has 2 N–H and O–H groups in total. The van der Waals surface area contributed by atoms with Crippen LogP contribution in [-0.2, 0) is 16.2 Å². The van der Waals surface area contributed by atoms with Crippen molar-refractivity contribution in [2.45, 2.75) is 71.6 Å². The molecule has 0 spiro atoms. The molecule has 0 atom stereocenters. The van der Waals surface area contributed by atoms with Crippen LogP contribution in [0, 0.1) is 0 Å². The summed E-state index contributed by atoms with van der Waals surface area (Å²) in [5, 5.41) is 0. The quantitative estimate of drug-likeness (QED) is 0.288. The maximum atomic E-state index is 6.67.